The molecular weight excluding hydrogens is 1350 g/mol. The number of fused-ring (bicyclic) bond motifs is 4. The molecule has 1 atom stereocenters. The van der Waals surface area contributed by atoms with E-state index in [2.05, 4.69) is 72.8 Å². The maximum Gasteiger partial charge on any atom is 0.290 e. The maximum atomic E-state index is 13.8. The van der Waals surface area contributed by atoms with Crippen molar-refractivity contribution in [2.45, 2.75) is 40.1 Å². The Morgan fingerprint density at radius 3 is 1.63 bits per heavy atom. The minimum absolute atomic E-state index is 0.168. The number of anilines is 3. The third-order valence-corrected chi connectivity index (χ3v) is 22.7. The van der Waals surface area contributed by atoms with Crippen molar-refractivity contribution in [1.29, 1.82) is 0 Å². The smallest absolute Gasteiger partial charge is 0.290 e. The van der Waals surface area contributed by atoms with Crippen molar-refractivity contribution < 1.29 is 73.9 Å². The lowest BCUT2D eigenvalue weighted by Crippen LogP contribution is -2.44. The SMILES string of the molecule is COC1CCN(c2cccc(S(=O)(=O)n3nc(N4CCN(C)CC4)c4ccccc43)c2)C1.COc1ccc2c(c1)c(C1=CCN(C)CC1)cn2S(=O)(=O)c1ccc2c(c1)OCCN2C.COc1ccc2c(c1)c(C1=CCN(C)CC1)cn2S(=O)(=O)c1cccnc1.O=CO.O=CO.O=CO. The normalized spacial score (nSPS) is 16.6. The summed E-state index contributed by atoms with van der Waals surface area (Å²) in [4.78, 5) is 42.8. The number of hydrogen-bond acceptors (Lipinski definition) is 21. The van der Waals surface area contributed by atoms with Crippen molar-refractivity contribution in [3.05, 3.63) is 163 Å². The van der Waals surface area contributed by atoms with Crippen LogP contribution in [-0.4, -0.2) is 231 Å². The topological polar surface area (TPSA) is 311 Å². The second-order valence-electron chi connectivity index (χ2n) is 23.9. The van der Waals surface area contributed by atoms with Crippen molar-refractivity contribution in [2.24, 2.45) is 0 Å². The van der Waals surface area contributed by atoms with Crippen LogP contribution in [0, 0.1) is 0 Å². The van der Waals surface area contributed by atoms with Gasteiger partial charge in [0.2, 0.25) is 0 Å². The summed E-state index contributed by atoms with van der Waals surface area (Å²) in [6.45, 7) is 9.23. The highest BCUT2D eigenvalue weighted by Crippen LogP contribution is 2.40. The van der Waals surface area contributed by atoms with E-state index in [0.29, 0.717) is 40.4 Å². The average molecular weight is 1430 g/mol. The molecule has 0 aliphatic carbocycles. The molecule has 9 heterocycles. The minimum atomic E-state index is -3.85. The second kappa shape index (κ2) is 33.4. The van der Waals surface area contributed by atoms with E-state index in [0.717, 1.165) is 147 Å². The summed E-state index contributed by atoms with van der Waals surface area (Å²) in [5.74, 6) is 2.73. The van der Waals surface area contributed by atoms with Gasteiger partial charge in [0.15, 0.2) is 5.82 Å². The molecular formula is C70H83N11O16S3. The first-order chi connectivity index (χ1) is 48.1. The Hall–Kier alpha value is -9.82. The number of likely N-dealkylation sites (N-methyl/N-ethyl adjacent to an activating group) is 4. The van der Waals surface area contributed by atoms with Crippen LogP contribution in [0.1, 0.15) is 30.4 Å². The van der Waals surface area contributed by atoms with Crippen molar-refractivity contribution in [3.63, 3.8) is 0 Å². The number of pyridine rings is 1. The molecule has 100 heavy (non-hydrogen) atoms. The summed E-state index contributed by atoms with van der Waals surface area (Å²) < 4.78 is 107. The second-order valence-corrected chi connectivity index (χ2v) is 29.3. The first kappa shape index (κ1) is 74.4. The number of ether oxygens (including phenoxy) is 4. The third-order valence-electron chi connectivity index (χ3n) is 17.8. The van der Waals surface area contributed by atoms with E-state index in [1.165, 1.54) is 18.2 Å². The molecule has 30 heteroatoms. The number of benzene rings is 5. The summed E-state index contributed by atoms with van der Waals surface area (Å²) in [6.07, 6.45) is 13.6. The molecule has 27 nitrogen and oxygen atoms in total. The van der Waals surface area contributed by atoms with Crippen LogP contribution in [0.5, 0.6) is 17.2 Å². The van der Waals surface area contributed by atoms with Gasteiger partial charge in [-0.2, -0.15) is 12.5 Å². The molecule has 5 aliphatic heterocycles. The lowest BCUT2D eigenvalue weighted by molar-refractivity contribution is -0.123. The number of rotatable bonds is 13. The lowest BCUT2D eigenvalue weighted by atomic mass is 9.99. The Morgan fingerprint density at radius 2 is 1.10 bits per heavy atom. The monoisotopic (exact) mass is 1430 g/mol. The van der Waals surface area contributed by atoms with Crippen LogP contribution < -0.4 is 28.9 Å². The van der Waals surface area contributed by atoms with Crippen LogP contribution in [0.2, 0.25) is 0 Å². The molecule has 4 aromatic heterocycles. The largest absolute Gasteiger partial charge is 0.497 e. The van der Waals surface area contributed by atoms with Gasteiger partial charge in [-0.3, -0.25) is 19.4 Å². The molecule has 0 spiro atoms. The molecule has 2 fully saturated rings. The number of carbonyl (C=O) groups is 3. The molecule has 5 aliphatic rings. The Morgan fingerprint density at radius 1 is 0.540 bits per heavy atom. The number of hydrogen-bond donors (Lipinski definition) is 3. The van der Waals surface area contributed by atoms with E-state index in [1.807, 2.05) is 61.6 Å². The highest BCUT2D eigenvalue weighted by molar-refractivity contribution is 7.90. The standard InChI is InChI=1S/C24H27N3O4S.C23H29N5O3S.C20H21N3O3S.3CH2O2/c1-25-10-8-17(9-11-25)21-16-27(22-6-4-18(30-3)14-20(21)22)32(28,29)19-5-7-23-24(15-19)31-13-12-26(23)2;1-25-12-14-26(15-13-25)23-21-8-3-4-9-22(21)28(24-23)32(29,30)20-7-5-6-18(16-20)27-11-10-19(17-27)31-2;1-22-10-7-15(8-11-22)19-14-23(20-6-5-16(26-2)12-18(19)20)27(24,25)17-4-3-9-21-13-17;3*2-1-3/h4-8,14-16H,9-13H2,1-3H3;3-9,16,19H,10-15,17H2,1-2H3;3-7,9,12-14H,8,10-11H2,1-2H3;3*1H,(H,2,3). The lowest BCUT2D eigenvalue weighted by Gasteiger charge is -2.32. The molecule has 532 valence electrons. The fourth-order valence-corrected chi connectivity index (χ4v) is 16.4. The fourth-order valence-electron chi connectivity index (χ4n) is 12.3. The van der Waals surface area contributed by atoms with Crippen molar-refractivity contribution in [1.82, 2.24) is 36.8 Å². The number of piperazine rings is 1. The minimum Gasteiger partial charge on any atom is -0.497 e. The van der Waals surface area contributed by atoms with E-state index in [4.69, 9.17) is 48.7 Å². The average Bonchev–Trinajstić information content (AvgIpc) is 1.61. The number of para-hydroxylation sites is 1. The van der Waals surface area contributed by atoms with E-state index in [9.17, 15) is 25.3 Å². The summed E-state index contributed by atoms with van der Waals surface area (Å²) in [6, 6.07) is 34.0. The van der Waals surface area contributed by atoms with E-state index in [-0.39, 0.29) is 40.2 Å². The quantitative estimate of drug-likeness (QED) is 0.0927. The molecule has 3 N–H and O–H groups in total. The zero-order chi connectivity index (χ0) is 71.9. The van der Waals surface area contributed by atoms with E-state index >= 15 is 0 Å². The van der Waals surface area contributed by atoms with Gasteiger partial charge in [-0.15, -0.1) is 5.10 Å². The van der Waals surface area contributed by atoms with Gasteiger partial charge in [0.05, 0.1) is 58.9 Å². The predicted molar refractivity (Wildman–Crippen MR) is 384 cm³/mol. The summed E-state index contributed by atoms with van der Waals surface area (Å²) in [5, 5.41) is 27.9. The van der Waals surface area contributed by atoms with Gasteiger partial charge in [0, 0.05) is 143 Å². The van der Waals surface area contributed by atoms with Crippen LogP contribution >= 0.6 is 0 Å². The fraction of sp³-hybridized carbons (Fsp3) is 0.329. The predicted octanol–water partition coefficient (Wildman–Crippen LogP) is 7.79. The van der Waals surface area contributed by atoms with Gasteiger partial charge < -0.3 is 63.7 Å². The molecule has 0 bridgehead atoms. The molecule has 2 saturated heterocycles. The van der Waals surface area contributed by atoms with Gasteiger partial charge in [0.25, 0.3) is 49.5 Å². The first-order valence-corrected chi connectivity index (χ1v) is 36.2. The molecule has 0 radical (unpaired) electrons. The molecule has 14 rings (SSSR count). The van der Waals surface area contributed by atoms with Crippen LogP contribution in [0.4, 0.5) is 17.2 Å². The number of nitrogens with zero attached hydrogens (tertiary/aromatic N) is 11. The van der Waals surface area contributed by atoms with Gasteiger partial charge >= 0.3 is 0 Å². The highest BCUT2D eigenvalue weighted by Gasteiger charge is 2.31. The molecule has 1 unspecified atom stereocenters. The summed E-state index contributed by atoms with van der Waals surface area (Å²) in [7, 11) is 1.76. The molecule has 0 amide bonds. The van der Waals surface area contributed by atoms with Crippen LogP contribution in [0.3, 0.4) is 0 Å². The maximum absolute atomic E-state index is 13.8. The number of methoxy groups -OCH3 is 3. The Balaban J connectivity index is 0.000000165. The number of aromatic nitrogens is 5. The zero-order valence-electron chi connectivity index (χ0n) is 56.6. The molecule has 9 aromatic rings. The molecule has 0 saturated carbocycles. The molecule has 5 aromatic carbocycles. The summed E-state index contributed by atoms with van der Waals surface area (Å²) >= 11 is 0. The number of carboxylic acid groups (broad SMARTS) is 3. The van der Waals surface area contributed by atoms with Gasteiger partial charge in [-0.05, 0) is 143 Å². The first-order valence-electron chi connectivity index (χ1n) is 31.9. The van der Waals surface area contributed by atoms with Gasteiger partial charge in [-0.25, -0.2) is 24.8 Å². The highest BCUT2D eigenvalue weighted by atomic mass is 32.2. The van der Waals surface area contributed by atoms with Crippen LogP contribution in [0.15, 0.2) is 167 Å². The Bertz CT molecular complexity index is 4750. The Kier molecular flexibility index (Phi) is 24.8. The van der Waals surface area contributed by atoms with Crippen molar-refractivity contribution >= 4 is 111 Å². The van der Waals surface area contributed by atoms with E-state index < -0.39 is 30.1 Å². The van der Waals surface area contributed by atoms with Crippen molar-refractivity contribution in [3.8, 4) is 17.2 Å². The van der Waals surface area contributed by atoms with E-state index in [1.54, 1.807) is 101 Å². The summed E-state index contributed by atoms with van der Waals surface area (Å²) in [5.41, 5.74) is 7.85. The van der Waals surface area contributed by atoms with Crippen LogP contribution in [0.25, 0.3) is 43.9 Å². The van der Waals surface area contributed by atoms with Gasteiger partial charge in [0.1, 0.15) is 28.8 Å². The van der Waals surface area contributed by atoms with Gasteiger partial charge in [-0.1, -0.05) is 30.4 Å². The Labute approximate surface area is 581 Å². The van der Waals surface area contributed by atoms with Crippen molar-refractivity contribution in [2.75, 3.05) is 143 Å². The third kappa shape index (κ3) is 16.6. The van der Waals surface area contributed by atoms with Crippen LogP contribution in [-0.2, 0) is 49.2 Å². The zero-order valence-corrected chi connectivity index (χ0v) is 59.1.